The van der Waals surface area contributed by atoms with Crippen LogP contribution in [0, 0.1) is 0 Å². The lowest BCUT2D eigenvalue weighted by Gasteiger charge is -2.08. The molecule has 0 aliphatic carbocycles. The molecule has 8 heteroatoms. The van der Waals surface area contributed by atoms with Crippen molar-refractivity contribution in [2.45, 2.75) is 90.9 Å². The van der Waals surface area contributed by atoms with E-state index >= 15 is 0 Å². The van der Waals surface area contributed by atoms with Gasteiger partial charge in [0.1, 0.15) is 0 Å². The maximum atomic E-state index is 12.2. The summed E-state index contributed by atoms with van der Waals surface area (Å²) in [7, 11) is 0. The summed E-state index contributed by atoms with van der Waals surface area (Å²) in [6.45, 7) is 5.49. The summed E-state index contributed by atoms with van der Waals surface area (Å²) in [5.41, 5.74) is 2.56. The molecule has 0 atom stereocenters. The van der Waals surface area contributed by atoms with Gasteiger partial charge in [0.25, 0.3) is 11.8 Å². The molecule has 2 rings (SSSR count). The van der Waals surface area contributed by atoms with Crippen LogP contribution in [0.15, 0.2) is 48.5 Å². The summed E-state index contributed by atoms with van der Waals surface area (Å²) in [5.74, 6) is -0.243. The zero-order valence-corrected chi connectivity index (χ0v) is 24.2. The number of carbonyl (C=O) groups is 4. The van der Waals surface area contributed by atoms with Crippen molar-refractivity contribution in [2.75, 3.05) is 23.7 Å². The lowest BCUT2D eigenvalue weighted by atomic mass is 10.1. The summed E-state index contributed by atoms with van der Waals surface area (Å²) < 4.78 is 0. The van der Waals surface area contributed by atoms with E-state index < -0.39 is 0 Å². The number of unbranched alkanes of at least 4 members (excludes halogenated alkanes) is 7. The van der Waals surface area contributed by atoms with Crippen LogP contribution in [0.25, 0.3) is 0 Å². The van der Waals surface area contributed by atoms with Gasteiger partial charge in [-0.1, -0.05) is 52.4 Å². The molecule has 40 heavy (non-hydrogen) atoms. The van der Waals surface area contributed by atoms with Crippen molar-refractivity contribution in [1.82, 2.24) is 10.6 Å². The van der Waals surface area contributed by atoms with Crippen LogP contribution in [0.3, 0.4) is 0 Å². The van der Waals surface area contributed by atoms with Gasteiger partial charge in [-0.2, -0.15) is 0 Å². The Hall–Kier alpha value is -3.68. The minimum absolute atomic E-state index is 0.0260. The number of hydrogen-bond acceptors (Lipinski definition) is 4. The Bertz CT molecular complexity index is 966. The fraction of sp³-hybridized carbons (Fsp3) is 0.500. The average Bonchev–Trinajstić information content (AvgIpc) is 2.95. The van der Waals surface area contributed by atoms with Crippen molar-refractivity contribution in [3.05, 3.63) is 59.7 Å². The highest BCUT2D eigenvalue weighted by atomic mass is 16.2. The lowest BCUT2D eigenvalue weighted by Crippen LogP contribution is -2.24. The minimum Gasteiger partial charge on any atom is -0.352 e. The van der Waals surface area contributed by atoms with Crippen molar-refractivity contribution < 1.29 is 19.2 Å². The van der Waals surface area contributed by atoms with Gasteiger partial charge >= 0.3 is 0 Å². The summed E-state index contributed by atoms with van der Waals surface area (Å²) in [6, 6.07) is 13.9. The Morgan fingerprint density at radius 1 is 0.500 bits per heavy atom. The zero-order chi connectivity index (χ0) is 29.0. The van der Waals surface area contributed by atoms with Gasteiger partial charge in [0.15, 0.2) is 0 Å². The topological polar surface area (TPSA) is 116 Å². The summed E-state index contributed by atoms with van der Waals surface area (Å²) >= 11 is 0. The molecule has 2 aromatic carbocycles. The van der Waals surface area contributed by atoms with Crippen LogP contribution >= 0.6 is 0 Å². The summed E-state index contributed by atoms with van der Waals surface area (Å²) in [6.07, 6.45) is 10.5. The van der Waals surface area contributed by atoms with E-state index in [-0.39, 0.29) is 23.6 Å². The highest BCUT2D eigenvalue weighted by Gasteiger charge is 2.08. The van der Waals surface area contributed by atoms with Crippen LogP contribution < -0.4 is 21.3 Å². The van der Waals surface area contributed by atoms with Crippen molar-refractivity contribution >= 4 is 35.0 Å². The van der Waals surface area contributed by atoms with E-state index in [1.54, 1.807) is 48.5 Å². The van der Waals surface area contributed by atoms with Gasteiger partial charge < -0.3 is 21.3 Å². The molecule has 8 nitrogen and oxygen atoms in total. The Labute approximate surface area is 239 Å². The zero-order valence-electron chi connectivity index (χ0n) is 24.2. The van der Waals surface area contributed by atoms with E-state index in [0.717, 1.165) is 64.2 Å². The monoisotopic (exact) mass is 550 g/mol. The first-order chi connectivity index (χ1) is 19.4. The third-order valence-electron chi connectivity index (χ3n) is 6.55. The molecule has 2 aromatic rings. The lowest BCUT2D eigenvalue weighted by molar-refractivity contribution is -0.117. The van der Waals surface area contributed by atoms with Crippen LogP contribution in [0.4, 0.5) is 11.4 Å². The van der Waals surface area contributed by atoms with Gasteiger partial charge in [-0.15, -0.1) is 0 Å². The van der Waals surface area contributed by atoms with Gasteiger partial charge in [0, 0.05) is 48.4 Å². The molecule has 0 unspecified atom stereocenters. The van der Waals surface area contributed by atoms with Crippen molar-refractivity contribution in [2.24, 2.45) is 0 Å². The molecule has 0 saturated carbocycles. The highest BCUT2D eigenvalue weighted by Crippen LogP contribution is 2.14. The van der Waals surface area contributed by atoms with Gasteiger partial charge in [-0.05, 0) is 74.2 Å². The molecule has 0 bridgehead atoms. The molecule has 0 radical (unpaired) electrons. The van der Waals surface area contributed by atoms with Crippen LogP contribution in [-0.4, -0.2) is 36.7 Å². The fourth-order valence-corrected chi connectivity index (χ4v) is 4.10. The second kappa shape index (κ2) is 19.4. The maximum Gasteiger partial charge on any atom is 0.251 e. The predicted octanol–water partition coefficient (Wildman–Crippen LogP) is 6.44. The number of rotatable bonds is 19. The number of anilines is 2. The highest BCUT2D eigenvalue weighted by molar-refractivity contribution is 5.96. The summed E-state index contributed by atoms with van der Waals surface area (Å²) in [4.78, 5) is 48.6. The third kappa shape index (κ3) is 13.4. The number of amides is 4. The van der Waals surface area contributed by atoms with Crippen molar-refractivity contribution in [3.63, 3.8) is 0 Å². The molecule has 0 aliphatic heterocycles. The van der Waals surface area contributed by atoms with Gasteiger partial charge in [-0.25, -0.2) is 0 Å². The molecular formula is C32H46N4O4. The number of benzene rings is 2. The SMILES string of the molecule is CCCCNC(=O)c1ccc(NC(=O)CCCCCCCCC(=O)Nc2ccc(C(=O)NCCCC)cc2)cc1. The number of carbonyl (C=O) groups excluding carboxylic acids is 4. The Balaban J connectivity index is 1.51. The van der Waals surface area contributed by atoms with Gasteiger partial charge in [-0.3, -0.25) is 19.2 Å². The van der Waals surface area contributed by atoms with E-state index in [1.807, 2.05) is 0 Å². The molecule has 0 spiro atoms. The second-order valence-corrected chi connectivity index (χ2v) is 10.1. The third-order valence-corrected chi connectivity index (χ3v) is 6.55. The molecule has 4 amide bonds. The largest absolute Gasteiger partial charge is 0.352 e. The smallest absolute Gasteiger partial charge is 0.251 e. The molecule has 4 N–H and O–H groups in total. The van der Waals surface area contributed by atoms with Gasteiger partial charge in [0.2, 0.25) is 11.8 Å². The molecule has 0 saturated heterocycles. The Morgan fingerprint density at radius 2 is 0.850 bits per heavy atom. The quantitative estimate of drug-likeness (QED) is 0.151. The van der Waals surface area contributed by atoms with Crippen LogP contribution in [-0.2, 0) is 9.59 Å². The van der Waals surface area contributed by atoms with Crippen LogP contribution in [0.1, 0.15) is 112 Å². The molecule has 0 aliphatic rings. The Morgan fingerprint density at radius 3 is 1.20 bits per heavy atom. The van der Waals surface area contributed by atoms with Crippen LogP contribution in [0.5, 0.6) is 0 Å². The first-order valence-electron chi connectivity index (χ1n) is 14.8. The fourth-order valence-electron chi connectivity index (χ4n) is 4.10. The Kier molecular flexibility index (Phi) is 15.8. The normalized spacial score (nSPS) is 10.6. The van der Waals surface area contributed by atoms with Crippen molar-refractivity contribution in [1.29, 1.82) is 0 Å². The standard InChI is InChI=1S/C32H46N4O4/c1-3-5-23-33-31(39)25-15-19-27(20-16-25)35-29(37)13-11-9-7-8-10-12-14-30(38)36-28-21-17-26(18-22-28)32(40)34-24-6-4-2/h15-22H,3-14,23-24H2,1-2H3,(H,33,39)(H,34,40)(H,35,37)(H,36,38). The van der Waals surface area contributed by atoms with E-state index in [9.17, 15) is 19.2 Å². The van der Waals surface area contributed by atoms with Crippen molar-refractivity contribution in [3.8, 4) is 0 Å². The maximum absolute atomic E-state index is 12.2. The first kappa shape index (κ1) is 32.5. The molecule has 0 heterocycles. The van der Waals surface area contributed by atoms with E-state index in [0.29, 0.717) is 48.4 Å². The number of hydrogen-bond donors (Lipinski definition) is 4. The minimum atomic E-state index is -0.0956. The van der Waals surface area contributed by atoms with E-state index in [2.05, 4.69) is 35.1 Å². The van der Waals surface area contributed by atoms with Crippen LogP contribution in [0.2, 0.25) is 0 Å². The first-order valence-corrected chi connectivity index (χ1v) is 14.8. The molecule has 218 valence electrons. The predicted molar refractivity (Wildman–Crippen MR) is 162 cm³/mol. The molecule has 0 fully saturated rings. The van der Waals surface area contributed by atoms with E-state index in [1.165, 1.54) is 0 Å². The average molecular weight is 551 g/mol. The van der Waals surface area contributed by atoms with E-state index in [4.69, 9.17) is 0 Å². The molecular weight excluding hydrogens is 504 g/mol. The van der Waals surface area contributed by atoms with Gasteiger partial charge in [0.05, 0.1) is 0 Å². The summed E-state index contributed by atoms with van der Waals surface area (Å²) in [5, 5.41) is 11.5. The molecule has 0 aromatic heterocycles. The number of nitrogens with one attached hydrogen (secondary N) is 4. The second-order valence-electron chi connectivity index (χ2n) is 10.1.